The monoisotopic (exact) mass is 407 g/mol. The number of hydrogen-bond acceptors (Lipinski definition) is 5. The molecule has 0 radical (unpaired) electrons. The number of methoxy groups -OCH3 is 1. The predicted octanol–water partition coefficient (Wildman–Crippen LogP) is 1.94. The van der Waals surface area contributed by atoms with Crippen molar-refractivity contribution in [3.63, 3.8) is 0 Å². The first-order chi connectivity index (χ1) is 14.6. The first-order valence-corrected chi connectivity index (χ1v) is 10.1. The van der Waals surface area contributed by atoms with Gasteiger partial charge in [-0.3, -0.25) is 14.3 Å². The minimum absolute atomic E-state index is 0.0176. The maximum absolute atomic E-state index is 12.8. The molecule has 3 heterocycles. The lowest BCUT2D eigenvalue weighted by Gasteiger charge is -2.17. The first-order valence-electron chi connectivity index (χ1n) is 10.1. The molecule has 3 aromatic rings. The Balaban J connectivity index is 1.44. The molecule has 156 valence electrons. The van der Waals surface area contributed by atoms with Crippen molar-refractivity contribution < 1.29 is 9.53 Å². The van der Waals surface area contributed by atoms with Crippen LogP contribution in [0.2, 0.25) is 0 Å². The third kappa shape index (κ3) is 3.98. The fourth-order valence-corrected chi connectivity index (χ4v) is 3.88. The Bertz CT molecular complexity index is 1100. The molecule has 1 aliphatic heterocycles. The summed E-state index contributed by atoms with van der Waals surface area (Å²) >= 11 is 0. The Labute approximate surface area is 174 Å². The van der Waals surface area contributed by atoms with Crippen LogP contribution in [0.3, 0.4) is 0 Å². The number of pyridine rings is 1. The van der Waals surface area contributed by atoms with E-state index in [4.69, 9.17) is 4.74 Å². The van der Waals surface area contributed by atoms with Gasteiger partial charge in [0.25, 0.3) is 5.91 Å². The van der Waals surface area contributed by atoms with E-state index in [1.807, 2.05) is 31.2 Å². The highest BCUT2D eigenvalue weighted by atomic mass is 16.5. The number of hydrogen-bond donors (Lipinski definition) is 1. The number of nitrogens with zero attached hydrogens (tertiary/aromatic N) is 4. The minimum Gasteiger partial charge on any atom is -0.496 e. The van der Waals surface area contributed by atoms with Crippen molar-refractivity contribution in [2.45, 2.75) is 45.3 Å². The highest BCUT2D eigenvalue weighted by molar-refractivity contribution is 5.96. The highest BCUT2D eigenvalue weighted by Crippen LogP contribution is 2.21. The van der Waals surface area contributed by atoms with Crippen molar-refractivity contribution in [1.29, 1.82) is 0 Å². The number of nitrogens with one attached hydrogen (secondary N) is 1. The maximum atomic E-state index is 12.8. The van der Waals surface area contributed by atoms with Gasteiger partial charge in [0.05, 0.1) is 13.7 Å². The molecule has 4 rings (SSSR count). The van der Waals surface area contributed by atoms with Crippen LogP contribution < -0.4 is 15.7 Å². The third-order valence-electron chi connectivity index (χ3n) is 5.56. The van der Waals surface area contributed by atoms with Gasteiger partial charge < -0.3 is 10.1 Å². The molecule has 0 spiro atoms. The van der Waals surface area contributed by atoms with E-state index < -0.39 is 0 Å². The van der Waals surface area contributed by atoms with Crippen molar-refractivity contribution in [1.82, 2.24) is 24.6 Å². The average Bonchev–Trinajstić information content (AvgIpc) is 2.92. The van der Waals surface area contributed by atoms with E-state index in [-0.39, 0.29) is 17.6 Å². The summed E-state index contributed by atoms with van der Waals surface area (Å²) in [4.78, 5) is 29.7. The van der Waals surface area contributed by atoms with Crippen LogP contribution in [-0.2, 0) is 19.5 Å². The lowest BCUT2D eigenvalue weighted by atomic mass is 10.0. The number of aromatic nitrogens is 4. The largest absolute Gasteiger partial charge is 0.496 e. The second-order valence-corrected chi connectivity index (χ2v) is 7.50. The fraction of sp³-hybridized carbons (Fsp3) is 0.364. The highest BCUT2D eigenvalue weighted by Gasteiger charge is 2.23. The average molecular weight is 407 g/mol. The van der Waals surface area contributed by atoms with E-state index in [1.54, 1.807) is 30.1 Å². The Morgan fingerprint density at radius 3 is 2.90 bits per heavy atom. The fourth-order valence-electron chi connectivity index (χ4n) is 3.88. The number of ether oxygens (including phenoxy) is 1. The molecule has 0 saturated heterocycles. The Kier molecular flexibility index (Phi) is 5.65. The van der Waals surface area contributed by atoms with E-state index in [9.17, 15) is 9.59 Å². The van der Waals surface area contributed by atoms with Crippen LogP contribution in [0.25, 0.3) is 0 Å². The maximum Gasteiger partial charge on any atom is 0.346 e. The number of carbonyl (C=O) groups excluding carboxylic acids is 1. The number of carbonyl (C=O) groups is 1. The van der Waals surface area contributed by atoms with Gasteiger partial charge in [-0.1, -0.05) is 12.1 Å². The van der Waals surface area contributed by atoms with E-state index in [2.05, 4.69) is 15.4 Å². The molecule has 30 heavy (non-hydrogen) atoms. The molecule has 2 aromatic heterocycles. The van der Waals surface area contributed by atoms with Gasteiger partial charge in [0.1, 0.15) is 11.6 Å². The molecule has 0 aliphatic carbocycles. The van der Waals surface area contributed by atoms with E-state index in [0.717, 1.165) is 23.4 Å². The smallest absolute Gasteiger partial charge is 0.346 e. The second-order valence-electron chi connectivity index (χ2n) is 7.50. The summed E-state index contributed by atoms with van der Waals surface area (Å²) in [6, 6.07) is 9.21. The third-order valence-corrected chi connectivity index (χ3v) is 5.56. The Morgan fingerprint density at radius 2 is 2.13 bits per heavy atom. The molecular formula is C22H25N5O3. The summed E-state index contributed by atoms with van der Waals surface area (Å²) in [5, 5.41) is 7.64. The van der Waals surface area contributed by atoms with Crippen LogP contribution in [0, 0.1) is 6.92 Å². The minimum atomic E-state index is -0.121. The number of rotatable bonds is 5. The van der Waals surface area contributed by atoms with Crippen molar-refractivity contribution >= 4 is 5.91 Å². The van der Waals surface area contributed by atoms with E-state index >= 15 is 0 Å². The Morgan fingerprint density at radius 1 is 1.27 bits per heavy atom. The molecule has 8 nitrogen and oxygen atoms in total. The summed E-state index contributed by atoms with van der Waals surface area (Å²) in [5.41, 5.74) is 2.24. The molecule has 0 bridgehead atoms. The number of aryl methyl sites for hydroxylation is 1. The van der Waals surface area contributed by atoms with Gasteiger partial charge in [-0.05, 0) is 43.5 Å². The van der Waals surface area contributed by atoms with Crippen LogP contribution in [0.1, 0.15) is 40.2 Å². The van der Waals surface area contributed by atoms with Crippen molar-refractivity contribution in [2.75, 3.05) is 7.11 Å². The topological polar surface area (TPSA) is 91.0 Å². The standard InChI is InChI=1S/C22H25N5O3/c1-15-18(6-3-7-19(15)30-2)21(28)24-17-8-9-20-25-27(22(29)26(20)12-10-17)14-16-5-4-11-23-13-16/h3-7,11,13,17H,8-10,12,14H2,1-2H3,(H,24,28). The molecule has 1 N–H and O–H groups in total. The van der Waals surface area contributed by atoms with Crippen LogP contribution in [0.15, 0.2) is 47.5 Å². The summed E-state index contributed by atoms with van der Waals surface area (Å²) in [5.74, 6) is 1.33. The zero-order valence-corrected chi connectivity index (χ0v) is 17.2. The second kappa shape index (κ2) is 8.52. The van der Waals surface area contributed by atoms with Gasteiger partial charge >= 0.3 is 5.69 Å². The van der Waals surface area contributed by atoms with Crippen molar-refractivity contribution in [3.8, 4) is 5.75 Å². The molecule has 0 fully saturated rings. The number of fused-ring (bicyclic) bond motifs is 1. The Hall–Kier alpha value is -3.42. The summed E-state index contributed by atoms with van der Waals surface area (Å²) in [7, 11) is 1.60. The molecular weight excluding hydrogens is 382 g/mol. The van der Waals surface area contributed by atoms with E-state index in [0.29, 0.717) is 37.2 Å². The van der Waals surface area contributed by atoms with Crippen molar-refractivity contribution in [2.24, 2.45) is 0 Å². The molecule has 1 atom stereocenters. The summed E-state index contributed by atoms with van der Waals surface area (Å²) in [6.45, 7) is 2.81. The molecule has 1 aromatic carbocycles. The van der Waals surface area contributed by atoms with Gasteiger partial charge in [-0.2, -0.15) is 5.10 Å². The normalized spacial score (nSPS) is 15.9. The molecule has 8 heteroatoms. The molecule has 1 unspecified atom stereocenters. The van der Waals surface area contributed by atoms with Crippen LogP contribution in [0.5, 0.6) is 5.75 Å². The van der Waals surface area contributed by atoms with Gasteiger partial charge in [0.2, 0.25) is 0 Å². The predicted molar refractivity (Wildman–Crippen MR) is 112 cm³/mol. The molecule has 0 saturated carbocycles. The van der Waals surface area contributed by atoms with Gasteiger partial charge in [0.15, 0.2) is 0 Å². The quantitative estimate of drug-likeness (QED) is 0.698. The van der Waals surface area contributed by atoms with Crippen LogP contribution in [0.4, 0.5) is 0 Å². The summed E-state index contributed by atoms with van der Waals surface area (Å²) in [6.07, 6.45) is 5.49. The summed E-state index contributed by atoms with van der Waals surface area (Å²) < 4.78 is 8.52. The lowest BCUT2D eigenvalue weighted by molar-refractivity contribution is 0.0932. The molecule has 1 amide bonds. The van der Waals surface area contributed by atoms with Gasteiger partial charge in [-0.15, -0.1) is 0 Å². The molecule has 1 aliphatic rings. The van der Waals surface area contributed by atoms with Crippen molar-refractivity contribution in [3.05, 3.63) is 75.7 Å². The first kappa shape index (κ1) is 19.9. The number of benzene rings is 1. The SMILES string of the molecule is COc1cccc(C(=O)NC2CCc3nn(Cc4cccnc4)c(=O)n3CC2)c1C. The van der Waals surface area contributed by atoms with Gasteiger partial charge in [0, 0.05) is 42.5 Å². The van der Waals surface area contributed by atoms with Gasteiger partial charge in [-0.25, -0.2) is 9.48 Å². The number of amides is 1. The van der Waals surface area contributed by atoms with Crippen LogP contribution in [-0.4, -0.2) is 38.4 Å². The van der Waals surface area contributed by atoms with E-state index in [1.165, 1.54) is 4.68 Å². The zero-order valence-electron chi connectivity index (χ0n) is 17.2. The lowest BCUT2D eigenvalue weighted by Crippen LogP contribution is -2.36. The zero-order chi connectivity index (χ0) is 21.1. The van der Waals surface area contributed by atoms with Crippen LogP contribution >= 0.6 is 0 Å².